The molecule has 2 atom stereocenters. The highest BCUT2D eigenvalue weighted by Crippen LogP contribution is 2.24. The molecule has 2 aromatic rings. The van der Waals surface area contributed by atoms with Crippen LogP contribution in [0.4, 0.5) is 11.8 Å². The monoisotopic (exact) mass is 433 g/mol. The molecule has 31 heavy (non-hydrogen) atoms. The molecule has 0 bridgehead atoms. The van der Waals surface area contributed by atoms with E-state index in [2.05, 4.69) is 15.3 Å². The lowest BCUT2D eigenvalue weighted by Gasteiger charge is -2.31. The van der Waals surface area contributed by atoms with Gasteiger partial charge in [0.2, 0.25) is 5.95 Å². The number of furan rings is 1. The molecule has 0 aliphatic carbocycles. The number of fused-ring (bicyclic) bond motifs is 1. The second-order valence-electron chi connectivity index (χ2n) is 7.28. The SMILES string of the molecule is Nc1nc2c(c(=O)[nH]1)CC(CCN(C(=O)c1ccco1)[C@@H](CCC(=O)O)C(=O)O)CN2. The first kappa shape index (κ1) is 21.9. The Labute approximate surface area is 176 Å². The van der Waals surface area contributed by atoms with E-state index in [1.165, 1.54) is 18.4 Å². The van der Waals surface area contributed by atoms with Gasteiger partial charge in [-0.15, -0.1) is 0 Å². The third kappa shape index (κ3) is 5.21. The van der Waals surface area contributed by atoms with Crippen LogP contribution in [0.25, 0.3) is 0 Å². The van der Waals surface area contributed by atoms with Gasteiger partial charge in [0.15, 0.2) is 5.76 Å². The number of amides is 1. The molecule has 0 aromatic carbocycles. The molecule has 3 heterocycles. The number of nitrogen functional groups attached to an aromatic ring is 1. The van der Waals surface area contributed by atoms with Crippen LogP contribution < -0.4 is 16.6 Å². The Morgan fingerprint density at radius 2 is 2.13 bits per heavy atom. The van der Waals surface area contributed by atoms with Crippen LogP contribution in [0, 0.1) is 5.92 Å². The molecule has 0 radical (unpaired) electrons. The number of aliphatic carboxylic acids is 2. The smallest absolute Gasteiger partial charge is 0.326 e. The minimum Gasteiger partial charge on any atom is -0.481 e. The zero-order chi connectivity index (χ0) is 22.5. The molecule has 6 N–H and O–H groups in total. The summed E-state index contributed by atoms with van der Waals surface area (Å²) in [6, 6.07) is 1.59. The van der Waals surface area contributed by atoms with E-state index in [1.54, 1.807) is 0 Å². The Kier molecular flexibility index (Phi) is 6.58. The fraction of sp³-hybridized carbons (Fsp3) is 0.421. The summed E-state index contributed by atoms with van der Waals surface area (Å²) >= 11 is 0. The largest absolute Gasteiger partial charge is 0.481 e. The zero-order valence-electron chi connectivity index (χ0n) is 16.5. The summed E-state index contributed by atoms with van der Waals surface area (Å²) < 4.78 is 5.12. The summed E-state index contributed by atoms with van der Waals surface area (Å²) in [7, 11) is 0. The van der Waals surface area contributed by atoms with Gasteiger partial charge in [0, 0.05) is 19.5 Å². The third-order valence-corrected chi connectivity index (χ3v) is 5.15. The van der Waals surface area contributed by atoms with Gasteiger partial charge in [0.05, 0.1) is 11.8 Å². The summed E-state index contributed by atoms with van der Waals surface area (Å²) in [5.74, 6) is -2.80. The molecule has 3 rings (SSSR count). The molecular weight excluding hydrogens is 410 g/mol. The number of carboxylic acids is 2. The predicted molar refractivity (Wildman–Crippen MR) is 108 cm³/mol. The number of aromatic nitrogens is 2. The summed E-state index contributed by atoms with van der Waals surface area (Å²) in [5, 5.41) is 21.6. The topological polar surface area (TPSA) is 192 Å². The first-order chi connectivity index (χ1) is 14.8. The number of nitrogens with zero attached hydrogens (tertiary/aromatic N) is 2. The molecular formula is C19H23N5O7. The molecule has 0 fully saturated rings. The first-order valence-corrected chi connectivity index (χ1v) is 9.68. The van der Waals surface area contributed by atoms with Crippen molar-refractivity contribution in [1.29, 1.82) is 0 Å². The van der Waals surface area contributed by atoms with Gasteiger partial charge in [-0.3, -0.25) is 19.4 Å². The molecule has 166 valence electrons. The minimum absolute atomic E-state index is 0.00708. The maximum absolute atomic E-state index is 12.9. The molecule has 1 aliphatic heterocycles. The van der Waals surface area contributed by atoms with E-state index >= 15 is 0 Å². The summed E-state index contributed by atoms with van der Waals surface area (Å²) in [4.78, 5) is 55.4. The molecule has 1 unspecified atom stereocenters. The molecule has 2 aromatic heterocycles. The lowest BCUT2D eigenvalue weighted by Crippen LogP contribution is -2.46. The van der Waals surface area contributed by atoms with Crippen molar-refractivity contribution in [2.75, 3.05) is 24.1 Å². The van der Waals surface area contributed by atoms with E-state index in [0.717, 1.165) is 4.90 Å². The highest BCUT2D eigenvalue weighted by atomic mass is 16.4. The van der Waals surface area contributed by atoms with E-state index in [1.807, 2.05) is 0 Å². The van der Waals surface area contributed by atoms with Crippen molar-refractivity contribution in [3.8, 4) is 0 Å². The number of nitrogens with two attached hydrogens (primary N) is 1. The van der Waals surface area contributed by atoms with Crippen molar-refractivity contribution in [2.45, 2.75) is 31.7 Å². The van der Waals surface area contributed by atoms with Gasteiger partial charge >= 0.3 is 11.9 Å². The fourth-order valence-electron chi connectivity index (χ4n) is 3.59. The van der Waals surface area contributed by atoms with Gasteiger partial charge in [-0.05, 0) is 37.3 Å². The van der Waals surface area contributed by atoms with Crippen LogP contribution in [-0.4, -0.2) is 62.1 Å². The highest BCUT2D eigenvalue weighted by molar-refractivity contribution is 5.94. The maximum Gasteiger partial charge on any atom is 0.326 e. The third-order valence-electron chi connectivity index (χ3n) is 5.15. The lowest BCUT2D eigenvalue weighted by atomic mass is 9.93. The second kappa shape index (κ2) is 9.32. The van der Waals surface area contributed by atoms with Crippen LogP contribution >= 0.6 is 0 Å². The molecule has 0 spiro atoms. The molecule has 0 saturated carbocycles. The van der Waals surface area contributed by atoms with Gasteiger partial charge in [0.25, 0.3) is 11.5 Å². The number of rotatable bonds is 9. The number of carboxylic acid groups (broad SMARTS) is 2. The number of nitrogens with one attached hydrogen (secondary N) is 2. The van der Waals surface area contributed by atoms with Crippen molar-refractivity contribution in [3.05, 3.63) is 40.1 Å². The Hall–Kier alpha value is -3.83. The van der Waals surface area contributed by atoms with Crippen molar-refractivity contribution in [3.63, 3.8) is 0 Å². The first-order valence-electron chi connectivity index (χ1n) is 9.68. The zero-order valence-corrected chi connectivity index (χ0v) is 16.5. The molecule has 1 aliphatic rings. The summed E-state index contributed by atoms with van der Waals surface area (Å²) in [5.41, 5.74) is 5.64. The van der Waals surface area contributed by atoms with Gasteiger partial charge in [-0.1, -0.05) is 0 Å². The van der Waals surface area contributed by atoms with E-state index in [9.17, 15) is 24.3 Å². The minimum atomic E-state index is -1.33. The Morgan fingerprint density at radius 3 is 2.77 bits per heavy atom. The molecule has 1 amide bonds. The average Bonchev–Trinajstić information content (AvgIpc) is 3.24. The van der Waals surface area contributed by atoms with E-state index < -0.39 is 30.3 Å². The van der Waals surface area contributed by atoms with Crippen LogP contribution in [0.2, 0.25) is 0 Å². The van der Waals surface area contributed by atoms with Crippen LogP contribution in [-0.2, 0) is 16.0 Å². The molecule has 12 nitrogen and oxygen atoms in total. The van der Waals surface area contributed by atoms with Gasteiger partial charge in [-0.25, -0.2) is 4.79 Å². The maximum atomic E-state index is 12.9. The normalized spacial score (nSPS) is 16.1. The number of carbonyl (C=O) groups excluding carboxylic acids is 1. The summed E-state index contributed by atoms with van der Waals surface area (Å²) in [6.45, 7) is 0.497. The standard InChI is InChI=1S/C19H23N5O7/c20-19-22-15-11(16(27)23-19)8-10(9-21-15)5-6-24(17(28)13-2-1-7-31-13)12(18(29)30)3-4-14(25)26/h1-2,7,10,12H,3-6,8-9H2,(H,25,26)(H,29,30)(H4,20,21,22,23,27)/t10?,12-/m0/s1. The van der Waals surface area contributed by atoms with Gasteiger partial charge in [0.1, 0.15) is 11.9 Å². The Morgan fingerprint density at radius 1 is 1.35 bits per heavy atom. The number of aromatic amines is 1. The van der Waals surface area contributed by atoms with Crippen molar-refractivity contribution < 1.29 is 29.0 Å². The predicted octanol–water partition coefficient (Wildman–Crippen LogP) is 0.380. The number of H-pyrrole nitrogens is 1. The summed E-state index contributed by atoms with van der Waals surface area (Å²) in [6.07, 6.45) is 1.40. The van der Waals surface area contributed by atoms with Crippen molar-refractivity contribution >= 4 is 29.6 Å². The fourth-order valence-corrected chi connectivity index (χ4v) is 3.59. The number of hydrogen-bond donors (Lipinski definition) is 5. The van der Waals surface area contributed by atoms with Crippen LogP contribution in [0.1, 0.15) is 35.4 Å². The van der Waals surface area contributed by atoms with E-state index in [4.69, 9.17) is 15.3 Å². The Bertz CT molecular complexity index is 1020. The number of anilines is 2. The molecule has 12 heteroatoms. The van der Waals surface area contributed by atoms with E-state index in [0.29, 0.717) is 30.8 Å². The highest BCUT2D eigenvalue weighted by Gasteiger charge is 2.33. The quantitative estimate of drug-likeness (QED) is 0.369. The van der Waals surface area contributed by atoms with Crippen molar-refractivity contribution in [1.82, 2.24) is 14.9 Å². The Balaban J connectivity index is 1.76. The lowest BCUT2D eigenvalue weighted by molar-refractivity contribution is -0.143. The van der Waals surface area contributed by atoms with Gasteiger partial charge in [-0.2, -0.15) is 4.98 Å². The molecule has 0 saturated heterocycles. The van der Waals surface area contributed by atoms with Crippen LogP contribution in [0.3, 0.4) is 0 Å². The number of hydrogen-bond acceptors (Lipinski definition) is 8. The average molecular weight is 433 g/mol. The number of carbonyl (C=O) groups is 3. The van der Waals surface area contributed by atoms with Gasteiger partial charge < -0.3 is 30.6 Å². The van der Waals surface area contributed by atoms with Crippen molar-refractivity contribution in [2.24, 2.45) is 5.92 Å². The van der Waals surface area contributed by atoms with E-state index in [-0.39, 0.29) is 36.2 Å². The second-order valence-corrected chi connectivity index (χ2v) is 7.28. The van der Waals surface area contributed by atoms with Crippen LogP contribution in [0.15, 0.2) is 27.6 Å². The van der Waals surface area contributed by atoms with Crippen LogP contribution in [0.5, 0.6) is 0 Å².